The number of carbonyl (C=O) groups is 1. The van der Waals surface area contributed by atoms with Gasteiger partial charge in [0, 0.05) is 18.7 Å². The molecule has 0 saturated carbocycles. The van der Waals surface area contributed by atoms with Crippen LogP contribution in [0.25, 0.3) is 0 Å². The lowest BCUT2D eigenvalue weighted by atomic mass is 9.94. The molecule has 1 aliphatic heterocycles. The van der Waals surface area contributed by atoms with Crippen LogP contribution in [0.4, 0.5) is 8.78 Å². The molecule has 1 fully saturated rings. The summed E-state index contributed by atoms with van der Waals surface area (Å²) in [4.78, 5) is 13.9. The second kappa shape index (κ2) is 7.55. The van der Waals surface area contributed by atoms with Crippen LogP contribution >= 0.6 is 12.4 Å². The van der Waals surface area contributed by atoms with Crippen LogP contribution in [0.2, 0.25) is 0 Å². The van der Waals surface area contributed by atoms with Crippen molar-refractivity contribution in [2.75, 3.05) is 19.6 Å². The monoisotopic (exact) mass is 304 g/mol. The Morgan fingerprint density at radius 2 is 2.10 bits per heavy atom. The Balaban J connectivity index is 0.00000200. The van der Waals surface area contributed by atoms with Gasteiger partial charge in [-0.3, -0.25) is 4.79 Å². The Bertz CT molecular complexity index is 468. The van der Waals surface area contributed by atoms with E-state index >= 15 is 0 Å². The van der Waals surface area contributed by atoms with Crippen molar-refractivity contribution in [3.8, 4) is 0 Å². The number of amides is 1. The maximum absolute atomic E-state index is 13.1. The molecule has 2 N–H and O–H groups in total. The number of likely N-dealkylation sites (tertiary alicyclic amines) is 1. The van der Waals surface area contributed by atoms with Gasteiger partial charge in [0.1, 0.15) is 0 Å². The Labute approximate surface area is 123 Å². The van der Waals surface area contributed by atoms with E-state index in [1.54, 1.807) is 4.90 Å². The maximum atomic E-state index is 13.1. The zero-order valence-corrected chi connectivity index (χ0v) is 12.0. The highest BCUT2D eigenvalue weighted by atomic mass is 35.5. The Morgan fingerprint density at radius 1 is 1.35 bits per heavy atom. The highest BCUT2D eigenvalue weighted by molar-refractivity contribution is 5.94. The fourth-order valence-corrected chi connectivity index (χ4v) is 2.53. The lowest BCUT2D eigenvalue weighted by molar-refractivity contribution is 0.0669. The summed E-state index contributed by atoms with van der Waals surface area (Å²) in [6, 6.07) is 3.28. The zero-order valence-electron chi connectivity index (χ0n) is 11.1. The van der Waals surface area contributed by atoms with E-state index < -0.39 is 11.6 Å². The number of halogens is 3. The van der Waals surface area contributed by atoms with Crippen molar-refractivity contribution in [1.29, 1.82) is 0 Å². The van der Waals surface area contributed by atoms with E-state index in [-0.39, 0.29) is 23.9 Å². The van der Waals surface area contributed by atoms with Crippen molar-refractivity contribution >= 4 is 18.3 Å². The summed E-state index contributed by atoms with van der Waals surface area (Å²) < 4.78 is 26.0. The van der Waals surface area contributed by atoms with Crippen LogP contribution < -0.4 is 5.73 Å². The van der Waals surface area contributed by atoms with Gasteiger partial charge >= 0.3 is 0 Å². The van der Waals surface area contributed by atoms with Crippen LogP contribution in [-0.4, -0.2) is 30.4 Å². The molecule has 1 aromatic rings. The predicted octanol–water partition coefficient (Wildman–Crippen LogP) is 2.59. The molecular formula is C14H19ClF2N2O. The van der Waals surface area contributed by atoms with E-state index in [9.17, 15) is 13.6 Å². The summed E-state index contributed by atoms with van der Waals surface area (Å²) >= 11 is 0. The molecule has 3 nitrogen and oxygen atoms in total. The second-order valence-electron chi connectivity index (χ2n) is 4.97. The molecule has 1 atom stereocenters. The third-order valence-electron chi connectivity index (χ3n) is 3.55. The minimum Gasteiger partial charge on any atom is -0.338 e. The van der Waals surface area contributed by atoms with Crippen LogP contribution in [0.3, 0.4) is 0 Å². The molecular weight excluding hydrogens is 286 g/mol. The van der Waals surface area contributed by atoms with E-state index in [0.717, 1.165) is 31.4 Å². The van der Waals surface area contributed by atoms with Crippen molar-refractivity contribution in [1.82, 2.24) is 4.90 Å². The number of piperidine rings is 1. The molecule has 0 aliphatic carbocycles. The molecule has 1 unspecified atom stereocenters. The normalized spacial score (nSPS) is 18.6. The van der Waals surface area contributed by atoms with Gasteiger partial charge in [-0.25, -0.2) is 8.78 Å². The van der Waals surface area contributed by atoms with Gasteiger partial charge in [0.2, 0.25) is 0 Å². The number of benzene rings is 1. The van der Waals surface area contributed by atoms with Crippen molar-refractivity contribution in [2.45, 2.75) is 19.3 Å². The van der Waals surface area contributed by atoms with Crippen LogP contribution in [-0.2, 0) is 0 Å². The van der Waals surface area contributed by atoms with Gasteiger partial charge in [-0.1, -0.05) is 0 Å². The van der Waals surface area contributed by atoms with Gasteiger partial charge in [0.25, 0.3) is 5.91 Å². The standard InChI is InChI=1S/C14H18F2N2O.ClH/c15-12-4-3-11(8-13(12)16)14(19)18-7-1-2-10(9-18)5-6-17;/h3-4,8,10H,1-2,5-7,9,17H2;1H. The molecule has 1 heterocycles. The molecule has 1 saturated heterocycles. The minimum absolute atomic E-state index is 0. The average Bonchev–Trinajstić information content (AvgIpc) is 2.42. The summed E-state index contributed by atoms with van der Waals surface area (Å²) in [7, 11) is 0. The SMILES string of the molecule is Cl.NCCC1CCCN(C(=O)c2ccc(F)c(F)c2)C1. The van der Waals surface area contributed by atoms with Crippen LogP contribution in [0.5, 0.6) is 0 Å². The maximum Gasteiger partial charge on any atom is 0.253 e. The quantitative estimate of drug-likeness (QED) is 0.933. The molecule has 1 amide bonds. The summed E-state index contributed by atoms with van der Waals surface area (Å²) in [5, 5.41) is 0. The molecule has 20 heavy (non-hydrogen) atoms. The summed E-state index contributed by atoms with van der Waals surface area (Å²) in [5.74, 6) is -1.74. The van der Waals surface area contributed by atoms with E-state index in [1.165, 1.54) is 6.07 Å². The topological polar surface area (TPSA) is 46.3 Å². The first kappa shape index (κ1) is 16.9. The van der Waals surface area contributed by atoms with Crippen molar-refractivity contribution in [3.05, 3.63) is 35.4 Å². The highest BCUT2D eigenvalue weighted by Gasteiger charge is 2.24. The molecule has 112 valence electrons. The lowest BCUT2D eigenvalue weighted by Crippen LogP contribution is -2.40. The van der Waals surface area contributed by atoms with Crippen LogP contribution in [0, 0.1) is 17.6 Å². The predicted molar refractivity (Wildman–Crippen MR) is 75.9 cm³/mol. The summed E-state index contributed by atoms with van der Waals surface area (Å²) in [6.07, 6.45) is 2.89. The van der Waals surface area contributed by atoms with E-state index in [0.29, 0.717) is 25.6 Å². The first-order chi connectivity index (χ1) is 9.11. The molecule has 1 aromatic carbocycles. The minimum atomic E-state index is -0.985. The van der Waals surface area contributed by atoms with Gasteiger partial charge in [-0.15, -0.1) is 12.4 Å². The van der Waals surface area contributed by atoms with Gasteiger partial charge in [-0.2, -0.15) is 0 Å². The largest absolute Gasteiger partial charge is 0.338 e. The summed E-state index contributed by atoms with van der Waals surface area (Å²) in [6.45, 7) is 1.92. The molecule has 0 aromatic heterocycles. The fraction of sp³-hybridized carbons (Fsp3) is 0.500. The first-order valence-electron chi connectivity index (χ1n) is 6.56. The molecule has 2 rings (SSSR count). The molecule has 0 bridgehead atoms. The second-order valence-corrected chi connectivity index (χ2v) is 4.97. The number of nitrogens with zero attached hydrogens (tertiary/aromatic N) is 1. The summed E-state index contributed by atoms with van der Waals surface area (Å²) in [5.41, 5.74) is 5.74. The van der Waals surface area contributed by atoms with E-state index in [1.807, 2.05) is 0 Å². The van der Waals surface area contributed by atoms with Crippen LogP contribution in [0.15, 0.2) is 18.2 Å². The van der Waals surface area contributed by atoms with Gasteiger partial charge in [0.05, 0.1) is 0 Å². The Hall–Kier alpha value is -1.20. The van der Waals surface area contributed by atoms with Gasteiger partial charge < -0.3 is 10.6 Å². The van der Waals surface area contributed by atoms with Gasteiger partial charge in [-0.05, 0) is 49.9 Å². The first-order valence-corrected chi connectivity index (χ1v) is 6.56. The molecule has 1 aliphatic rings. The average molecular weight is 305 g/mol. The molecule has 0 spiro atoms. The number of hydrogen-bond acceptors (Lipinski definition) is 2. The third-order valence-corrected chi connectivity index (χ3v) is 3.55. The highest BCUT2D eigenvalue weighted by Crippen LogP contribution is 2.21. The zero-order chi connectivity index (χ0) is 13.8. The number of nitrogens with two attached hydrogens (primary N) is 1. The Morgan fingerprint density at radius 3 is 2.75 bits per heavy atom. The van der Waals surface area contributed by atoms with Crippen molar-refractivity contribution in [2.24, 2.45) is 11.7 Å². The smallest absolute Gasteiger partial charge is 0.253 e. The molecule has 0 radical (unpaired) electrons. The lowest BCUT2D eigenvalue weighted by Gasteiger charge is -2.32. The fourth-order valence-electron chi connectivity index (χ4n) is 2.53. The van der Waals surface area contributed by atoms with Crippen LogP contribution in [0.1, 0.15) is 29.6 Å². The number of carbonyl (C=O) groups excluding carboxylic acids is 1. The number of rotatable bonds is 3. The molecule has 6 heteroatoms. The number of hydrogen-bond donors (Lipinski definition) is 1. The third kappa shape index (κ3) is 3.90. The van der Waals surface area contributed by atoms with Crippen molar-refractivity contribution in [3.63, 3.8) is 0 Å². The van der Waals surface area contributed by atoms with Gasteiger partial charge in [0.15, 0.2) is 11.6 Å². The van der Waals surface area contributed by atoms with E-state index in [4.69, 9.17) is 5.73 Å². The Kier molecular flexibility index (Phi) is 6.36. The van der Waals surface area contributed by atoms with E-state index in [2.05, 4.69) is 0 Å². The van der Waals surface area contributed by atoms with Crippen molar-refractivity contribution < 1.29 is 13.6 Å².